The summed E-state index contributed by atoms with van der Waals surface area (Å²) in [4.78, 5) is 11.6. The van der Waals surface area contributed by atoms with E-state index in [2.05, 4.69) is 4.74 Å². The van der Waals surface area contributed by atoms with Crippen molar-refractivity contribution in [2.75, 3.05) is 6.26 Å². The Bertz CT molecular complexity index is 416. The summed E-state index contributed by atoms with van der Waals surface area (Å²) < 4.78 is 39.8. The second kappa shape index (κ2) is 5.44. The van der Waals surface area contributed by atoms with Crippen molar-refractivity contribution in [3.63, 3.8) is 0 Å². The highest BCUT2D eigenvalue weighted by atomic mass is 32.2. The molecule has 1 aromatic carbocycles. The molecule has 2 nitrogen and oxygen atoms in total. The molecule has 0 saturated heterocycles. The molecule has 0 aliphatic heterocycles. The predicted octanol–water partition coefficient (Wildman–Crippen LogP) is 3.44. The molecule has 0 amide bonds. The maximum absolute atomic E-state index is 12.0. The fraction of sp³-hybridized carbons (Fsp3) is 0.364. The molecule has 0 heterocycles. The van der Waals surface area contributed by atoms with Crippen LogP contribution in [0.2, 0.25) is 0 Å². The van der Waals surface area contributed by atoms with Crippen molar-refractivity contribution in [1.29, 1.82) is 0 Å². The topological polar surface area (TPSA) is 26.3 Å². The summed E-state index contributed by atoms with van der Waals surface area (Å²) in [5.41, 5.74) is 0.708. The summed E-state index contributed by atoms with van der Waals surface area (Å²) in [6.07, 6.45) is -2.75. The van der Waals surface area contributed by atoms with Crippen LogP contribution in [-0.4, -0.2) is 18.4 Å². The van der Waals surface area contributed by atoms with Gasteiger partial charge in [-0.1, -0.05) is 6.07 Å². The quantitative estimate of drug-likeness (QED) is 0.779. The monoisotopic (exact) mass is 264 g/mol. The normalized spacial score (nSPS) is 11.4. The number of benzene rings is 1. The number of hydrogen-bond donors (Lipinski definition) is 0. The Kier molecular flexibility index (Phi) is 4.45. The minimum absolute atomic E-state index is 0.0372. The number of rotatable bonds is 4. The Balaban J connectivity index is 2.96. The zero-order valence-corrected chi connectivity index (χ0v) is 10.1. The fourth-order valence-electron chi connectivity index (χ4n) is 1.34. The van der Waals surface area contributed by atoms with Crippen molar-refractivity contribution in [2.45, 2.75) is 24.6 Å². The van der Waals surface area contributed by atoms with E-state index in [0.717, 1.165) is 0 Å². The highest BCUT2D eigenvalue weighted by molar-refractivity contribution is 7.98. The molecule has 6 heteroatoms. The first-order valence-electron chi connectivity index (χ1n) is 4.74. The van der Waals surface area contributed by atoms with Gasteiger partial charge in [-0.3, -0.25) is 4.79 Å². The van der Waals surface area contributed by atoms with Gasteiger partial charge < -0.3 is 4.74 Å². The molecular formula is C11H11F3O2S. The number of ether oxygens (including phenoxy) is 1. The van der Waals surface area contributed by atoms with E-state index in [-0.39, 0.29) is 18.0 Å². The number of hydrogen-bond acceptors (Lipinski definition) is 3. The zero-order valence-electron chi connectivity index (χ0n) is 9.30. The van der Waals surface area contributed by atoms with Crippen LogP contribution in [0.1, 0.15) is 12.5 Å². The molecule has 0 radical (unpaired) electrons. The van der Waals surface area contributed by atoms with Crippen molar-refractivity contribution in [3.8, 4) is 5.75 Å². The van der Waals surface area contributed by atoms with Gasteiger partial charge in [-0.05, 0) is 30.9 Å². The second-order valence-electron chi connectivity index (χ2n) is 3.40. The van der Waals surface area contributed by atoms with Crippen LogP contribution in [0.15, 0.2) is 23.1 Å². The Hall–Kier alpha value is -1.17. The van der Waals surface area contributed by atoms with Gasteiger partial charge in [0.2, 0.25) is 0 Å². The third-order valence-electron chi connectivity index (χ3n) is 1.93. The van der Waals surface area contributed by atoms with E-state index in [0.29, 0.717) is 10.5 Å². The summed E-state index contributed by atoms with van der Waals surface area (Å²) >= 11 is 1.28. The van der Waals surface area contributed by atoms with Crippen molar-refractivity contribution in [2.24, 2.45) is 0 Å². The fourth-order valence-corrected chi connectivity index (χ4v) is 1.97. The number of carbonyl (C=O) groups excluding carboxylic acids is 1. The van der Waals surface area contributed by atoms with Crippen LogP contribution in [-0.2, 0) is 11.2 Å². The van der Waals surface area contributed by atoms with Crippen LogP contribution < -0.4 is 4.74 Å². The third kappa shape index (κ3) is 4.68. The number of Topliss-reactive ketones (excluding diaryl/α,β-unsaturated/α-hetero) is 1. The van der Waals surface area contributed by atoms with Crippen molar-refractivity contribution < 1.29 is 22.7 Å². The molecule has 1 rings (SSSR count). The summed E-state index contributed by atoms with van der Waals surface area (Å²) in [6, 6.07) is 3.98. The largest absolute Gasteiger partial charge is 0.573 e. The molecule has 17 heavy (non-hydrogen) atoms. The van der Waals surface area contributed by atoms with Crippen LogP contribution >= 0.6 is 11.8 Å². The van der Waals surface area contributed by atoms with Gasteiger partial charge in [-0.25, -0.2) is 0 Å². The van der Waals surface area contributed by atoms with Crippen molar-refractivity contribution >= 4 is 17.5 Å². The first-order chi connectivity index (χ1) is 7.81. The van der Waals surface area contributed by atoms with Gasteiger partial charge in [0.05, 0.1) is 0 Å². The second-order valence-corrected chi connectivity index (χ2v) is 4.25. The third-order valence-corrected chi connectivity index (χ3v) is 2.75. The van der Waals surface area contributed by atoms with Gasteiger partial charge in [-0.2, -0.15) is 0 Å². The van der Waals surface area contributed by atoms with Crippen molar-refractivity contribution in [3.05, 3.63) is 23.8 Å². The van der Waals surface area contributed by atoms with E-state index in [1.165, 1.54) is 36.9 Å². The average Bonchev–Trinajstić information content (AvgIpc) is 2.17. The van der Waals surface area contributed by atoms with E-state index in [1.807, 2.05) is 0 Å². The molecule has 0 unspecified atom stereocenters. The standard InChI is InChI=1S/C11H11F3O2S/c1-7(15)5-8-3-4-9(6-10(8)17-2)16-11(12,13)14/h3-4,6H,5H2,1-2H3. The van der Waals surface area contributed by atoms with Crippen LogP contribution in [0, 0.1) is 0 Å². The molecule has 0 saturated carbocycles. The van der Waals surface area contributed by atoms with Gasteiger partial charge >= 0.3 is 6.36 Å². The molecule has 0 aromatic heterocycles. The molecule has 0 N–H and O–H groups in total. The molecule has 0 bridgehead atoms. The van der Waals surface area contributed by atoms with E-state index in [1.54, 1.807) is 6.26 Å². The molecule has 1 aromatic rings. The molecule has 0 atom stereocenters. The lowest BCUT2D eigenvalue weighted by molar-refractivity contribution is -0.274. The predicted molar refractivity (Wildman–Crippen MR) is 59.3 cm³/mol. The number of ketones is 1. The molecule has 0 spiro atoms. The summed E-state index contributed by atoms with van der Waals surface area (Å²) in [7, 11) is 0. The lowest BCUT2D eigenvalue weighted by Crippen LogP contribution is -2.17. The Labute approximate surface area is 101 Å². The van der Waals surface area contributed by atoms with Crippen LogP contribution in [0.25, 0.3) is 0 Å². The van der Waals surface area contributed by atoms with E-state index >= 15 is 0 Å². The lowest BCUT2D eigenvalue weighted by Gasteiger charge is -2.11. The number of carbonyl (C=O) groups is 1. The summed E-state index contributed by atoms with van der Waals surface area (Å²) in [5.74, 6) is -0.307. The van der Waals surface area contributed by atoms with E-state index < -0.39 is 6.36 Å². The molecular weight excluding hydrogens is 253 g/mol. The van der Waals surface area contributed by atoms with E-state index in [9.17, 15) is 18.0 Å². The summed E-state index contributed by atoms with van der Waals surface area (Å²) in [5, 5.41) is 0. The van der Waals surface area contributed by atoms with Crippen LogP contribution in [0.3, 0.4) is 0 Å². The smallest absolute Gasteiger partial charge is 0.406 e. The van der Waals surface area contributed by atoms with Gasteiger partial charge in [0.1, 0.15) is 11.5 Å². The Morgan fingerprint density at radius 2 is 2.06 bits per heavy atom. The van der Waals surface area contributed by atoms with Gasteiger partial charge in [0.15, 0.2) is 0 Å². The number of thioether (sulfide) groups is 1. The van der Waals surface area contributed by atoms with Gasteiger partial charge in [-0.15, -0.1) is 24.9 Å². The lowest BCUT2D eigenvalue weighted by atomic mass is 10.1. The average molecular weight is 264 g/mol. The summed E-state index contributed by atoms with van der Waals surface area (Å²) in [6.45, 7) is 1.43. The molecule has 0 aliphatic carbocycles. The van der Waals surface area contributed by atoms with Gasteiger partial charge in [0.25, 0.3) is 0 Å². The highest BCUT2D eigenvalue weighted by Gasteiger charge is 2.31. The first kappa shape index (κ1) is 13.9. The van der Waals surface area contributed by atoms with E-state index in [4.69, 9.17) is 0 Å². The Morgan fingerprint density at radius 1 is 1.41 bits per heavy atom. The zero-order chi connectivity index (χ0) is 13.1. The maximum atomic E-state index is 12.0. The van der Waals surface area contributed by atoms with Crippen LogP contribution in [0.4, 0.5) is 13.2 Å². The van der Waals surface area contributed by atoms with Crippen LogP contribution in [0.5, 0.6) is 5.75 Å². The number of halogens is 3. The molecule has 0 fully saturated rings. The molecule has 0 aliphatic rings. The van der Waals surface area contributed by atoms with Gasteiger partial charge in [0, 0.05) is 11.3 Å². The minimum atomic E-state index is -4.70. The SMILES string of the molecule is CSc1cc(OC(F)(F)F)ccc1CC(C)=O. The number of alkyl halides is 3. The Morgan fingerprint density at radius 3 is 2.53 bits per heavy atom. The minimum Gasteiger partial charge on any atom is -0.406 e. The van der Waals surface area contributed by atoms with Crippen molar-refractivity contribution in [1.82, 2.24) is 0 Å². The molecule has 94 valence electrons. The first-order valence-corrected chi connectivity index (χ1v) is 5.96. The maximum Gasteiger partial charge on any atom is 0.573 e. The highest BCUT2D eigenvalue weighted by Crippen LogP contribution is 2.29.